The minimum absolute atomic E-state index is 0.148. The topological polar surface area (TPSA) is 43.8 Å². The highest BCUT2D eigenvalue weighted by molar-refractivity contribution is 5.71. The summed E-state index contributed by atoms with van der Waals surface area (Å²) in [6.07, 6.45) is 4.81. The summed E-state index contributed by atoms with van der Waals surface area (Å²) in [5.41, 5.74) is 0. The molecule has 3 atom stereocenters. The Morgan fingerprint density at radius 2 is 1.88 bits per heavy atom. The van der Waals surface area contributed by atoms with Gasteiger partial charge in [0.15, 0.2) is 0 Å². The lowest BCUT2D eigenvalue weighted by atomic mass is 10.0. The first-order chi connectivity index (χ1) is 8.16. The normalized spacial score (nSPS) is 39.9. The van der Waals surface area contributed by atoms with Crippen molar-refractivity contribution in [2.24, 2.45) is 5.92 Å². The molecule has 1 saturated carbocycles. The number of nitrogens with zero attached hydrogens (tertiary/aromatic N) is 2. The SMILES string of the molecule is CC1C(C(=O)O)CCN1C1CCN(C2CC2)C1. The van der Waals surface area contributed by atoms with Crippen molar-refractivity contribution in [3.05, 3.63) is 0 Å². The first-order valence-corrected chi connectivity index (χ1v) is 6.89. The van der Waals surface area contributed by atoms with E-state index in [2.05, 4.69) is 16.7 Å². The molecule has 96 valence electrons. The van der Waals surface area contributed by atoms with E-state index < -0.39 is 5.97 Å². The molecular formula is C13H22N2O2. The molecule has 1 N–H and O–H groups in total. The quantitative estimate of drug-likeness (QED) is 0.797. The van der Waals surface area contributed by atoms with Crippen molar-refractivity contribution in [2.45, 2.75) is 50.7 Å². The number of hydrogen-bond acceptors (Lipinski definition) is 3. The summed E-state index contributed by atoms with van der Waals surface area (Å²) in [4.78, 5) is 16.2. The van der Waals surface area contributed by atoms with Crippen molar-refractivity contribution >= 4 is 5.97 Å². The Kier molecular flexibility index (Phi) is 2.87. The predicted molar refractivity (Wildman–Crippen MR) is 64.9 cm³/mol. The lowest BCUT2D eigenvalue weighted by molar-refractivity contribution is -0.142. The van der Waals surface area contributed by atoms with Crippen molar-refractivity contribution in [3.63, 3.8) is 0 Å². The average molecular weight is 238 g/mol. The largest absolute Gasteiger partial charge is 0.481 e. The van der Waals surface area contributed by atoms with Gasteiger partial charge in [0.25, 0.3) is 0 Å². The van der Waals surface area contributed by atoms with Crippen molar-refractivity contribution in [3.8, 4) is 0 Å². The molecule has 0 bridgehead atoms. The zero-order valence-electron chi connectivity index (χ0n) is 10.5. The van der Waals surface area contributed by atoms with Crippen molar-refractivity contribution < 1.29 is 9.90 Å². The second-order valence-electron chi connectivity index (χ2n) is 5.88. The minimum Gasteiger partial charge on any atom is -0.481 e. The van der Waals surface area contributed by atoms with Crippen LogP contribution in [0.15, 0.2) is 0 Å². The zero-order chi connectivity index (χ0) is 12.0. The fourth-order valence-corrected chi connectivity index (χ4v) is 3.62. The Morgan fingerprint density at radius 1 is 1.12 bits per heavy atom. The molecule has 0 aromatic carbocycles. The van der Waals surface area contributed by atoms with Crippen LogP contribution in [0.3, 0.4) is 0 Å². The molecule has 3 rings (SSSR count). The fraction of sp³-hybridized carbons (Fsp3) is 0.923. The molecule has 3 unspecified atom stereocenters. The number of hydrogen-bond donors (Lipinski definition) is 1. The second-order valence-corrected chi connectivity index (χ2v) is 5.88. The standard InChI is InChI=1S/C13H22N2O2/c1-9-12(13(16)17)5-7-15(9)11-4-6-14(8-11)10-2-3-10/h9-12H,2-8H2,1H3,(H,16,17). The van der Waals surface area contributed by atoms with Gasteiger partial charge in [-0.25, -0.2) is 0 Å². The average Bonchev–Trinajstić information content (AvgIpc) is 2.89. The van der Waals surface area contributed by atoms with Crippen molar-refractivity contribution in [1.82, 2.24) is 9.80 Å². The van der Waals surface area contributed by atoms with Gasteiger partial charge in [-0.05, 0) is 39.2 Å². The molecule has 3 fully saturated rings. The molecule has 0 radical (unpaired) electrons. The molecular weight excluding hydrogens is 216 g/mol. The molecule has 2 saturated heterocycles. The molecule has 0 amide bonds. The van der Waals surface area contributed by atoms with Gasteiger partial charge in [0, 0.05) is 31.2 Å². The van der Waals surface area contributed by atoms with Gasteiger partial charge in [0.2, 0.25) is 0 Å². The molecule has 4 heteroatoms. The first kappa shape index (κ1) is 11.5. The van der Waals surface area contributed by atoms with Gasteiger partial charge in [-0.3, -0.25) is 14.6 Å². The minimum atomic E-state index is -0.614. The Labute approximate surface area is 103 Å². The van der Waals surface area contributed by atoms with Crippen molar-refractivity contribution in [2.75, 3.05) is 19.6 Å². The molecule has 4 nitrogen and oxygen atoms in total. The molecule has 3 aliphatic rings. The van der Waals surface area contributed by atoms with Gasteiger partial charge in [0.1, 0.15) is 0 Å². The summed E-state index contributed by atoms with van der Waals surface area (Å²) >= 11 is 0. The van der Waals surface area contributed by atoms with E-state index in [1.807, 2.05) is 0 Å². The highest BCUT2D eigenvalue weighted by atomic mass is 16.4. The van der Waals surface area contributed by atoms with Crippen LogP contribution in [0, 0.1) is 5.92 Å². The van der Waals surface area contributed by atoms with Crippen molar-refractivity contribution in [1.29, 1.82) is 0 Å². The van der Waals surface area contributed by atoms with Crippen LogP contribution in [0.1, 0.15) is 32.6 Å². The molecule has 2 heterocycles. The molecule has 17 heavy (non-hydrogen) atoms. The van der Waals surface area contributed by atoms with Gasteiger partial charge in [-0.2, -0.15) is 0 Å². The van der Waals surface area contributed by atoms with Crippen LogP contribution in [0.5, 0.6) is 0 Å². The van der Waals surface area contributed by atoms with E-state index >= 15 is 0 Å². The van der Waals surface area contributed by atoms with E-state index in [0.717, 1.165) is 19.0 Å². The van der Waals surface area contributed by atoms with E-state index in [1.54, 1.807) is 0 Å². The summed E-state index contributed by atoms with van der Waals surface area (Å²) in [6, 6.07) is 1.68. The third-order valence-electron chi connectivity index (χ3n) is 4.85. The summed E-state index contributed by atoms with van der Waals surface area (Å²) in [5, 5.41) is 9.16. The Morgan fingerprint density at radius 3 is 2.47 bits per heavy atom. The highest BCUT2D eigenvalue weighted by Crippen LogP contribution is 2.34. The second kappa shape index (κ2) is 4.25. The number of aliphatic carboxylic acids is 1. The van der Waals surface area contributed by atoms with E-state index in [0.29, 0.717) is 6.04 Å². The first-order valence-electron chi connectivity index (χ1n) is 6.89. The van der Waals surface area contributed by atoms with Gasteiger partial charge in [0.05, 0.1) is 5.92 Å². The van der Waals surface area contributed by atoms with Gasteiger partial charge in [-0.15, -0.1) is 0 Å². The summed E-state index contributed by atoms with van der Waals surface area (Å²) in [7, 11) is 0. The number of carboxylic acid groups (broad SMARTS) is 1. The van der Waals surface area contributed by atoms with E-state index in [-0.39, 0.29) is 12.0 Å². The maximum absolute atomic E-state index is 11.1. The third-order valence-corrected chi connectivity index (χ3v) is 4.85. The van der Waals surface area contributed by atoms with Gasteiger partial charge in [-0.1, -0.05) is 0 Å². The number of likely N-dealkylation sites (tertiary alicyclic amines) is 2. The van der Waals surface area contributed by atoms with Crippen LogP contribution in [0.25, 0.3) is 0 Å². The highest BCUT2D eigenvalue weighted by Gasteiger charge is 2.42. The zero-order valence-corrected chi connectivity index (χ0v) is 10.5. The number of carboxylic acids is 1. The molecule has 1 aliphatic carbocycles. The Hall–Kier alpha value is -0.610. The molecule has 2 aliphatic heterocycles. The van der Waals surface area contributed by atoms with E-state index in [9.17, 15) is 4.79 Å². The lowest BCUT2D eigenvalue weighted by Crippen LogP contribution is -2.42. The number of rotatable bonds is 3. The van der Waals surface area contributed by atoms with E-state index in [4.69, 9.17) is 5.11 Å². The van der Waals surface area contributed by atoms with Crippen LogP contribution in [-0.4, -0.2) is 58.6 Å². The lowest BCUT2D eigenvalue weighted by Gasteiger charge is -2.29. The van der Waals surface area contributed by atoms with Gasteiger partial charge < -0.3 is 5.11 Å². The summed E-state index contributed by atoms with van der Waals surface area (Å²) < 4.78 is 0. The van der Waals surface area contributed by atoms with Gasteiger partial charge >= 0.3 is 5.97 Å². The maximum atomic E-state index is 11.1. The Bertz CT molecular complexity index is 317. The monoisotopic (exact) mass is 238 g/mol. The van der Waals surface area contributed by atoms with E-state index in [1.165, 1.54) is 32.4 Å². The molecule has 0 aromatic rings. The molecule has 0 spiro atoms. The summed E-state index contributed by atoms with van der Waals surface area (Å²) in [5.74, 6) is -0.762. The maximum Gasteiger partial charge on any atom is 0.308 e. The van der Waals surface area contributed by atoms with Crippen LogP contribution in [0.4, 0.5) is 0 Å². The van der Waals surface area contributed by atoms with Crippen LogP contribution >= 0.6 is 0 Å². The fourth-order valence-electron chi connectivity index (χ4n) is 3.62. The van der Waals surface area contributed by atoms with Crippen LogP contribution in [0.2, 0.25) is 0 Å². The number of carbonyl (C=O) groups is 1. The third kappa shape index (κ3) is 2.08. The Balaban J connectivity index is 1.60. The van der Waals surface area contributed by atoms with Crippen LogP contribution in [-0.2, 0) is 4.79 Å². The smallest absolute Gasteiger partial charge is 0.308 e. The summed E-state index contributed by atoms with van der Waals surface area (Å²) in [6.45, 7) is 5.45. The molecule has 0 aromatic heterocycles. The predicted octanol–water partition coefficient (Wildman–Crippen LogP) is 1.02. The van der Waals surface area contributed by atoms with Crippen LogP contribution < -0.4 is 0 Å².